The van der Waals surface area contributed by atoms with Crippen LogP contribution in [-0.4, -0.2) is 22.5 Å². The van der Waals surface area contributed by atoms with Crippen LogP contribution in [0.2, 0.25) is 0 Å². The highest BCUT2D eigenvalue weighted by atomic mass is 16.4. The van der Waals surface area contributed by atoms with Gasteiger partial charge in [-0.05, 0) is 17.7 Å². The monoisotopic (exact) mass is 213 g/mol. The second kappa shape index (κ2) is 5.48. The highest BCUT2D eigenvalue weighted by molar-refractivity contribution is 5.87. The van der Waals surface area contributed by atoms with Crippen LogP contribution in [0.5, 0.6) is 0 Å². The van der Waals surface area contributed by atoms with Crippen molar-refractivity contribution in [1.82, 2.24) is 4.90 Å². The van der Waals surface area contributed by atoms with Gasteiger partial charge in [0.25, 0.3) is 0 Å². The Kier molecular flexibility index (Phi) is 4.00. The van der Waals surface area contributed by atoms with Crippen molar-refractivity contribution in [3.05, 3.63) is 35.4 Å². The molecule has 0 aliphatic rings. The summed E-state index contributed by atoms with van der Waals surface area (Å²) in [5.74, 6) is 1.52. The average Bonchev–Trinajstić information content (AvgIpc) is 2.29. The molecule has 3 nitrogen and oxygen atoms in total. The van der Waals surface area contributed by atoms with E-state index in [1.54, 1.807) is 29.2 Å². The van der Waals surface area contributed by atoms with Gasteiger partial charge in [-0.2, -0.15) is 0 Å². The van der Waals surface area contributed by atoms with Crippen LogP contribution in [0.15, 0.2) is 24.3 Å². The molecule has 80 valence electrons. The number of benzene rings is 1. The van der Waals surface area contributed by atoms with E-state index < -0.39 is 5.97 Å². The molecule has 1 N–H and O–H groups in total. The van der Waals surface area contributed by atoms with Gasteiger partial charge in [-0.1, -0.05) is 24.5 Å². The van der Waals surface area contributed by atoms with Crippen molar-refractivity contribution < 1.29 is 9.90 Å². The minimum absolute atomic E-state index is 0.257. The number of carboxylic acids is 1. The molecule has 0 spiro atoms. The van der Waals surface area contributed by atoms with Gasteiger partial charge in [0.2, 0.25) is 0 Å². The van der Waals surface area contributed by atoms with E-state index in [-0.39, 0.29) is 5.56 Å². The summed E-state index contributed by atoms with van der Waals surface area (Å²) in [5, 5.41) is 8.72. The summed E-state index contributed by atoms with van der Waals surface area (Å²) in [6, 6.07) is 9.00. The quantitative estimate of drug-likeness (QED) is 0.607. The summed E-state index contributed by atoms with van der Waals surface area (Å²) in [6.07, 6.45) is 10.4. The van der Waals surface area contributed by atoms with Crippen molar-refractivity contribution in [3.8, 4) is 24.8 Å². The van der Waals surface area contributed by atoms with Crippen LogP contribution in [0, 0.1) is 24.8 Å². The zero-order chi connectivity index (χ0) is 12.0. The minimum Gasteiger partial charge on any atom is -0.478 e. The van der Waals surface area contributed by atoms with Crippen LogP contribution in [0.3, 0.4) is 0 Å². The lowest BCUT2D eigenvalue weighted by atomic mass is 10.1. The lowest BCUT2D eigenvalue weighted by Crippen LogP contribution is -2.17. The fourth-order valence-electron chi connectivity index (χ4n) is 1.23. The smallest absolute Gasteiger partial charge is 0.335 e. The van der Waals surface area contributed by atoms with Crippen LogP contribution in [0.4, 0.5) is 0 Å². The third-order valence-corrected chi connectivity index (χ3v) is 2.04. The minimum atomic E-state index is -0.941. The maximum Gasteiger partial charge on any atom is 0.335 e. The zero-order valence-electron chi connectivity index (χ0n) is 8.68. The van der Waals surface area contributed by atoms with Crippen LogP contribution < -0.4 is 0 Å². The highest BCUT2D eigenvalue weighted by Crippen LogP contribution is 2.07. The molecule has 0 amide bonds. The maximum absolute atomic E-state index is 10.6. The molecule has 0 atom stereocenters. The summed E-state index contributed by atoms with van der Waals surface area (Å²) in [6.45, 7) is 0.887. The van der Waals surface area contributed by atoms with E-state index in [2.05, 4.69) is 12.0 Å². The second-order valence-corrected chi connectivity index (χ2v) is 3.19. The summed E-state index contributed by atoms with van der Waals surface area (Å²) >= 11 is 0. The van der Waals surface area contributed by atoms with Gasteiger partial charge in [0.1, 0.15) is 0 Å². The van der Waals surface area contributed by atoms with Crippen LogP contribution in [-0.2, 0) is 6.54 Å². The number of terminal acetylenes is 2. The number of hydrogen-bond acceptors (Lipinski definition) is 2. The van der Waals surface area contributed by atoms with Gasteiger partial charge in [-0.25, -0.2) is 4.79 Å². The molecule has 0 bridgehead atoms. The summed E-state index contributed by atoms with van der Waals surface area (Å²) in [4.78, 5) is 12.3. The predicted molar refractivity (Wildman–Crippen MR) is 61.5 cm³/mol. The standard InChI is InChI=1S/C13H11NO2/c1-3-9-14(4-2)10-11-5-7-12(8-6-11)13(15)16/h1-2,5-8H,9-10H2,(H,15,16). The van der Waals surface area contributed by atoms with Crippen molar-refractivity contribution >= 4 is 5.97 Å². The first kappa shape index (κ1) is 11.7. The lowest BCUT2D eigenvalue weighted by molar-refractivity contribution is 0.0697. The van der Waals surface area contributed by atoms with E-state index in [9.17, 15) is 4.79 Å². The molecule has 1 rings (SSSR count). The van der Waals surface area contributed by atoms with Gasteiger partial charge in [-0.15, -0.1) is 6.42 Å². The Balaban J connectivity index is 2.73. The molecule has 1 aromatic carbocycles. The molecule has 16 heavy (non-hydrogen) atoms. The topological polar surface area (TPSA) is 40.5 Å². The summed E-state index contributed by atoms with van der Waals surface area (Å²) in [5.41, 5.74) is 1.19. The van der Waals surface area contributed by atoms with Gasteiger partial charge in [0, 0.05) is 6.04 Å². The molecule has 0 aromatic heterocycles. The predicted octanol–water partition coefficient (Wildman–Crippen LogP) is 1.41. The Hall–Kier alpha value is -2.39. The third kappa shape index (κ3) is 3.08. The van der Waals surface area contributed by atoms with Gasteiger partial charge in [0.05, 0.1) is 18.7 Å². The first-order valence-electron chi connectivity index (χ1n) is 4.64. The normalized spacial score (nSPS) is 8.88. The van der Waals surface area contributed by atoms with Gasteiger partial charge < -0.3 is 10.0 Å². The largest absolute Gasteiger partial charge is 0.478 e. The van der Waals surface area contributed by atoms with E-state index in [4.69, 9.17) is 18.0 Å². The Morgan fingerprint density at radius 2 is 1.94 bits per heavy atom. The van der Waals surface area contributed by atoms with Gasteiger partial charge >= 0.3 is 5.97 Å². The molecule has 0 heterocycles. The van der Waals surface area contributed by atoms with Crippen molar-refractivity contribution in [1.29, 1.82) is 0 Å². The number of rotatable bonds is 4. The Bertz CT molecular complexity index is 448. The Labute approximate surface area is 94.7 Å². The molecular weight excluding hydrogens is 202 g/mol. The molecule has 0 aliphatic heterocycles. The SMILES string of the molecule is C#CCN(C#C)Cc1ccc(C(=O)O)cc1. The Morgan fingerprint density at radius 3 is 2.38 bits per heavy atom. The van der Waals surface area contributed by atoms with E-state index in [0.29, 0.717) is 13.1 Å². The van der Waals surface area contributed by atoms with E-state index in [0.717, 1.165) is 5.56 Å². The first-order chi connectivity index (χ1) is 7.67. The fraction of sp³-hybridized carbons (Fsp3) is 0.154. The van der Waals surface area contributed by atoms with Crippen molar-refractivity contribution in [3.63, 3.8) is 0 Å². The molecule has 0 saturated heterocycles. The van der Waals surface area contributed by atoms with Crippen LogP contribution in [0.1, 0.15) is 15.9 Å². The van der Waals surface area contributed by atoms with Gasteiger partial charge in [-0.3, -0.25) is 0 Å². The molecule has 0 radical (unpaired) electrons. The summed E-state index contributed by atoms with van der Waals surface area (Å²) in [7, 11) is 0. The lowest BCUT2D eigenvalue weighted by Gasteiger charge is -2.13. The summed E-state index contributed by atoms with van der Waals surface area (Å²) < 4.78 is 0. The molecule has 0 saturated carbocycles. The molecule has 0 fully saturated rings. The number of hydrogen-bond donors (Lipinski definition) is 1. The van der Waals surface area contributed by atoms with Crippen molar-refractivity contribution in [2.45, 2.75) is 6.54 Å². The molecule has 3 heteroatoms. The second-order valence-electron chi connectivity index (χ2n) is 3.19. The highest BCUT2D eigenvalue weighted by Gasteiger charge is 2.03. The van der Waals surface area contributed by atoms with Gasteiger partial charge in [0.15, 0.2) is 0 Å². The van der Waals surface area contributed by atoms with E-state index >= 15 is 0 Å². The number of aromatic carboxylic acids is 1. The van der Waals surface area contributed by atoms with Crippen molar-refractivity contribution in [2.24, 2.45) is 0 Å². The van der Waals surface area contributed by atoms with E-state index in [1.807, 2.05) is 0 Å². The number of carbonyl (C=O) groups is 1. The molecular formula is C13H11NO2. The first-order valence-corrected chi connectivity index (χ1v) is 4.64. The molecule has 0 unspecified atom stereocenters. The Morgan fingerprint density at radius 1 is 1.31 bits per heavy atom. The fourth-order valence-corrected chi connectivity index (χ4v) is 1.23. The van der Waals surface area contributed by atoms with Crippen LogP contribution >= 0.6 is 0 Å². The average molecular weight is 213 g/mol. The number of nitrogens with zero attached hydrogens (tertiary/aromatic N) is 1. The van der Waals surface area contributed by atoms with Crippen molar-refractivity contribution in [2.75, 3.05) is 6.54 Å². The maximum atomic E-state index is 10.6. The molecule has 0 aliphatic carbocycles. The third-order valence-electron chi connectivity index (χ3n) is 2.04. The zero-order valence-corrected chi connectivity index (χ0v) is 8.68. The van der Waals surface area contributed by atoms with Crippen LogP contribution in [0.25, 0.3) is 0 Å². The van der Waals surface area contributed by atoms with E-state index in [1.165, 1.54) is 0 Å². The number of carboxylic acid groups (broad SMARTS) is 1. The molecule has 1 aromatic rings.